The van der Waals surface area contributed by atoms with E-state index >= 15 is 0 Å². The van der Waals surface area contributed by atoms with Crippen LogP contribution in [0.3, 0.4) is 0 Å². The van der Waals surface area contributed by atoms with Gasteiger partial charge in [0.15, 0.2) is 11.6 Å². The van der Waals surface area contributed by atoms with Crippen molar-refractivity contribution in [2.24, 2.45) is 0 Å². The average molecular weight is 329 g/mol. The maximum absolute atomic E-state index is 4.74. The Labute approximate surface area is 146 Å². The molecule has 0 saturated carbocycles. The molecule has 2 aromatic carbocycles. The molecule has 0 saturated heterocycles. The molecule has 2 heterocycles. The van der Waals surface area contributed by atoms with Crippen molar-refractivity contribution >= 4 is 16.7 Å². The number of benzene rings is 2. The van der Waals surface area contributed by atoms with Gasteiger partial charge in [-0.1, -0.05) is 48.5 Å². The molecule has 4 aromatic rings. The zero-order valence-electron chi connectivity index (χ0n) is 14.2. The maximum Gasteiger partial charge on any atom is 0.186 e. The number of anilines is 1. The second kappa shape index (κ2) is 6.36. The SMILES string of the molecule is Cc1nnc(-c2c(C)[nH]c3ccccc23)nc1NCc1ccccc1. The Morgan fingerprint density at radius 3 is 2.52 bits per heavy atom. The van der Waals surface area contributed by atoms with E-state index in [-0.39, 0.29) is 0 Å². The summed E-state index contributed by atoms with van der Waals surface area (Å²) in [6.45, 7) is 4.65. The number of aromatic nitrogens is 4. The van der Waals surface area contributed by atoms with E-state index in [0.717, 1.165) is 33.7 Å². The molecule has 25 heavy (non-hydrogen) atoms. The van der Waals surface area contributed by atoms with Crippen LogP contribution < -0.4 is 5.32 Å². The van der Waals surface area contributed by atoms with Crippen molar-refractivity contribution in [2.45, 2.75) is 20.4 Å². The first kappa shape index (κ1) is 15.3. The predicted molar refractivity (Wildman–Crippen MR) is 100 cm³/mol. The first-order chi connectivity index (χ1) is 12.2. The van der Waals surface area contributed by atoms with Gasteiger partial charge >= 0.3 is 0 Å². The fourth-order valence-corrected chi connectivity index (χ4v) is 3.00. The molecule has 0 spiro atoms. The van der Waals surface area contributed by atoms with Crippen LogP contribution in [-0.4, -0.2) is 20.2 Å². The third-order valence-corrected chi connectivity index (χ3v) is 4.28. The monoisotopic (exact) mass is 329 g/mol. The molecule has 2 N–H and O–H groups in total. The van der Waals surface area contributed by atoms with E-state index in [2.05, 4.69) is 44.8 Å². The Bertz CT molecular complexity index is 1020. The number of aromatic amines is 1. The summed E-state index contributed by atoms with van der Waals surface area (Å²) in [4.78, 5) is 8.13. The van der Waals surface area contributed by atoms with Gasteiger partial charge < -0.3 is 10.3 Å². The quantitative estimate of drug-likeness (QED) is 0.587. The van der Waals surface area contributed by atoms with Gasteiger partial charge in [-0.05, 0) is 25.5 Å². The van der Waals surface area contributed by atoms with E-state index in [0.29, 0.717) is 12.4 Å². The van der Waals surface area contributed by atoms with Crippen molar-refractivity contribution in [3.63, 3.8) is 0 Å². The molecule has 0 aliphatic carbocycles. The highest BCUT2D eigenvalue weighted by Gasteiger charge is 2.15. The number of nitrogens with zero attached hydrogens (tertiary/aromatic N) is 3. The van der Waals surface area contributed by atoms with Gasteiger partial charge in [0, 0.05) is 28.7 Å². The minimum absolute atomic E-state index is 0.635. The van der Waals surface area contributed by atoms with Crippen molar-refractivity contribution in [2.75, 3.05) is 5.32 Å². The third-order valence-electron chi connectivity index (χ3n) is 4.28. The minimum atomic E-state index is 0.635. The van der Waals surface area contributed by atoms with Gasteiger partial charge in [0.2, 0.25) is 0 Å². The van der Waals surface area contributed by atoms with Crippen LogP contribution in [0.2, 0.25) is 0 Å². The summed E-state index contributed by atoms with van der Waals surface area (Å²) in [7, 11) is 0. The summed E-state index contributed by atoms with van der Waals surface area (Å²) in [6, 6.07) is 18.4. The van der Waals surface area contributed by atoms with Gasteiger partial charge in [-0.15, -0.1) is 10.2 Å². The maximum atomic E-state index is 4.74. The topological polar surface area (TPSA) is 66.5 Å². The second-order valence-corrected chi connectivity index (χ2v) is 6.08. The zero-order chi connectivity index (χ0) is 17.2. The van der Waals surface area contributed by atoms with Gasteiger partial charge in [-0.25, -0.2) is 4.98 Å². The van der Waals surface area contributed by atoms with Crippen LogP contribution in [0.1, 0.15) is 17.0 Å². The molecule has 0 radical (unpaired) electrons. The third kappa shape index (κ3) is 2.96. The van der Waals surface area contributed by atoms with Crippen molar-refractivity contribution in [1.29, 1.82) is 0 Å². The number of H-pyrrole nitrogens is 1. The van der Waals surface area contributed by atoms with Gasteiger partial charge in [-0.2, -0.15) is 0 Å². The Balaban J connectivity index is 1.70. The highest BCUT2D eigenvalue weighted by atomic mass is 15.2. The van der Waals surface area contributed by atoms with Gasteiger partial charge in [0.25, 0.3) is 0 Å². The normalized spacial score (nSPS) is 11.0. The fourth-order valence-electron chi connectivity index (χ4n) is 3.00. The van der Waals surface area contributed by atoms with E-state index in [9.17, 15) is 0 Å². The van der Waals surface area contributed by atoms with E-state index in [1.807, 2.05) is 44.2 Å². The van der Waals surface area contributed by atoms with Crippen molar-refractivity contribution in [3.8, 4) is 11.4 Å². The second-order valence-electron chi connectivity index (χ2n) is 6.08. The van der Waals surface area contributed by atoms with E-state index in [1.54, 1.807) is 0 Å². The van der Waals surface area contributed by atoms with Crippen LogP contribution in [0.25, 0.3) is 22.3 Å². The van der Waals surface area contributed by atoms with E-state index in [4.69, 9.17) is 4.98 Å². The fraction of sp³-hybridized carbons (Fsp3) is 0.150. The molecule has 5 heteroatoms. The van der Waals surface area contributed by atoms with Crippen LogP contribution in [-0.2, 0) is 6.54 Å². The standard InChI is InChI=1S/C20H19N5/c1-13-18(16-10-6-7-11-17(16)22-13)20-23-19(14(2)24-25-20)21-12-15-8-4-3-5-9-15/h3-11,22H,12H2,1-2H3,(H,21,23,25). The van der Waals surface area contributed by atoms with Crippen molar-refractivity contribution < 1.29 is 0 Å². The van der Waals surface area contributed by atoms with Crippen LogP contribution in [0.4, 0.5) is 5.82 Å². The van der Waals surface area contributed by atoms with Crippen LogP contribution in [0, 0.1) is 13.8 Å². The van der Waals surface area contributed by atoms with Gasteiger partial charge in [0.05, 0.1) is 0 Å². The Morgan fingerprint density at radius 2 is 1.68 bits per heavy atom. The first-order valence-corrected chi connectivity index (χ1v) is 8.29. The molecule has 0 bridgehead atoms. The molecule has 2 aromatic heterocycles. The number of fused-ring (bicyclic) bond motifs is 1. The molecular formula is C20H19N5. The lowest BCUT2D eigenvalue weighted by atomic mass is 10.1. The lowest BCUT2D eigenvalue weighted by Crippen LogP contribution is -2.07. The first-order valence-electron chi connectivity index (χ1n) is 8.29. The molecule has 0 fully saturated rings. The summed E-state index contributed by atoms with van der Waals surface area (Å²) >= 11 is 0. The lowest BCUT2D eigenvalue weighted by molar-refractivity contribution is 0.925. The van der Waals surface area contributed by atoms with Gasteiger partial charge in [-0.3, -0.25) is 0 Å². The van der Waals surface area contributed by atoms with Crippen LogP contribution in [0.15, 0.2) is 54.6 Å². The smallest absolute Gasteiger partial charge is 0.186 e. The van der Waals surface area contributed by atoms with Crippen molar-refractivity contribution in [3.05, 3.63) is 71.5 Å². The molecule has 0 atom stereocenters. The van der Waals surface area contributed by atoms with Crippen LogP contribution in [0.5, 0.6) is 0 Å². The minimum Gasteiger partial charge on any atom is -0.364 e. The largest absolute Gasteiger partial charge is 0.364 e. The molecule has 5 nitrogen and oxygen atoms in total. The van der Waals surface area contributed by atoms with Crippen molar-refractivity contribution in [1.82, 2.24) is 20.2 Å². The number of hydrogen-bond acceptors (Lipinski definition) is 4. The molecule has 124 valence electrons. The summed E-state index contributed by atoms with van der Waals surface area (Å²) in [6.07, 6.45) is 0. The highest BCUT2D eigenvalue weighted by molar-refractivity contribution is 5.95. The molecule has 0 aliphatic rings. The average Bonchev–Trinajstić information content (AvgIpc) is 2.98. The number of nitrogens with one attached hydrogen (secondary N) is 2. The lowest BCUT2D eigenvalue weighted by Gasteiger charge is -2.09. The molecule has 4 rings (SSSR count). The molecule has 0 aliphatic heterocycles. The number of rotatable bonds is 4. The molecule has 0 amide bonds. The number of aryl methyl sites for hydroxylation is 2. The molecular weight excluding hydrogens is 310 g/mol. The Hall–Kier alpha value is -3.21. The summed E-state index contributed by atoms with van der Waals surface area (Å²) in [5.74, 6) is 1.40. The van der Waals surface area contributed by atoms with E-state index in [1.165, 1.54) is 5.56 Å². The summed E-state index contributed by atoms with van der Waals surface area (Å²) in [5, 5.41) is 13.1. The highest BCUT2D eigenvalue weighted by Crippen LogP contribution is 2.30. The number of hydrogen-bond donors (Lipinski definition) is 2. The zero-order valence-corrected chi connectivity index (χ0v) is 14.2. The summed E-state index contributed by atoms with van der Waals surface area (Å²) < 4.78 is 0. The Morgan fingerprint density at radius 1 is 0.920 bits per heavy atom. The summed E-state index contributed by atoms with van der Waals surface area (Å²) in [5.41, 5.74) is 5.12. The molecule has 0 unspecified atom stereocenters. The predicted octanol–water partition coefficient (Wildman–Crippen LogP) is 4.25. The van der Waals surface area contributed by atoms with Crippen LogP contribution >= 0.6 is 0 Å². The Kier molecular flexibility index (Phi) is 3.90. The van der Waals surface area contributed by atoms with Gasteiger partial charge in [0.1, 0.15) is 5.69 Å². The number of para-hydroxylation sites is 1. The van der Waals surface area contributed by atoms with E-state index < -0.39 is 0 Å².